The number of hydrogen-bond donors (Lipinski definition) is 1. The fourth-order valence-electron chi connectivity index (χ4n) is 1.73. The lowest BCUT2D eigenvalue weighted by molar-refractivity contribution is 1.40. The predicted molar refractivity (Wildman–Crippen MR) is 69.3 cm³/mol. The van der Waals surface area contributed by atoms with Crippen LogP contribution in [-0.4, -0.2) is 0 Å². The topological polar surface area (TPSA) is 0 Å². The first-order chi connectivity index (χ1) is 7.31. The first-order valence-electron chi connectivity index (χ1n) is 5.07. The van der Waals surface area contributed by atoms with Crippen LogP contribution in [0.3, 0.4) is 0 Å². The van der Waals surface area contributed by atoms with Crippen LogP contribution < -0.4 is 0 Å². The minimum atomic E-state index is 0.791. The van der Waals surface area contributed by atoms with Crippen LogP contribution in [0.15, 0.2) is 48.5 Å². The Labute approximate surface area is 96.4 Å². The summed E-state index contributed by atoms with van der Waals surface area (Å²) in [5, 5.41) is 0. The van der Waals surface area contributed by atoms with Gasteiger partial charge in [0, 0.05) is 5.75 Å². The van der Waals surface area contributed by atoms with E-state index >= 15 is 0 Å². The van der Waals surface area contributed by atoms with Gasteiger partial charge in [-0.2, -0.15) is 12.6 Å². The molecule has 0 aliphatic rings. The molecule has 0 aromatic heterocycles. The van der Waals surface area contributed by atoms with Crippen molar-refractivity contribution in [2.45, 2.75) is 12.7 Å². The zero-order chi connectivity index (χ0) is 10.7. The average Bonchev–Trinajstić information content (AvgIpc) is 2.30. The molecule has 76 valence electrons. The monoisotopic (exact) mass is 214 g/mol. The Morgan fingerprint density at radius 2 is 1.80 bits per heavy atom. The van der Waals surface area contributed by atoms with Crippen LogP contribution in [0.4, 0.5) is 0 Å². The molecule has 2 aromatic carbocycles. The largest absolute Gasteiger partial charge is 0.175 e. The number of benzene rings is 2. The Bertz CT molecular complexity index is 460. The molecular weight excluding hydrogens is 200 g/mol. The SMILES string of the molecule is Cc1ccccc1-c1cccc(CS)c1. The molecule has 0 nitrogen and oxygen atoms in total. The van der Waals surface area contributed by atoms with E-state index in [2.05, 4.69) is 68.1 Å². The summed E-state index contributed by atoms with van der Waals surface area (Å²) in [4.78, 5) is 0. The molecule has 15 heavy (non-hydrogen) atoms. The number of rotatable bonds is 2. The average molecular weight is 214 g/mol. The lowest BCUT2D eigenvalue weighted by atomic mass is 9.99. The molecule has 0 saturated heterocycles. The van der Waals surface area contributed by atoms with Gasteiger partial charge in [0.05, 0.1) is 0 Å². The summed E-state index contributed by atoms with van der Waals surface area (Å²) >= 11 is 4.30. The van der Waals surface area contributed by atoms with Gasteiger partial charge in [-0.05, 0) is 29.2 Å². The summed E-state index contributed by atoms with van der Waals surface area (Å²) in [6.07, 6.45) is 0. The van der Waals surface area contributed by atoms with Crippen LogP contribution in [0.1, 0.15) is 11.1 Å². The molecule has 0 spiro atoms. The van der Waals surface area contributed by atoms with E-state index in [0.29, 0.717) is 0 Å². The lowest BCUT2D eigenvalue weighted by Gasteiger charge is -2.06. The van der Waals surface area contributed by atoms with E-state index < -0.39 is 0 Å². The lowest BCUT2D eigenvalue weighted by Crippen LogP contribution is -1.84. The van der Waals surface area contributed by atoms with Crippen LogP contribution in [0, 0.1) is 6.92 Å². The van der Waals surface area contributed by atoms with Crippen molar-refractivity contribution < 1.29 is 0 Å². The second kappa shape index (κ2) is 4.54. The van der Waals surface area contributed by atoms with Crippen molar-refractivity contribution in [3.8, 4) is 11.1 Å². The highest BCUT2D eigenvalue weighted by atomic mass is 32.1. The van der Waals surface area contributed by atoms with Gasteiger partial charge in [-0.15, -0.1) is 0 Å². The summed E-state index contributed by atoms with van der Waals surface area (Å²) in [6, 6.07) is 17.0. The van der Waals surface area contributed by atoms with Crippen molar-refractivity contribution >= 4 is 12.6 Å². The maximum atomic E-state index is 4.30. The molecule has 0 atom stereocenters. The third kappa shape index (κ3) is 2.24. The van der Waals surface area contributed by atoms with Gasteiger partial charge in [0.2, 0.25) is 0 Å². The molecule has 2 rings (SSSR count). The van der Waals surface area contributed by atoms with Crippen LogP contribution in [0.25, 0.3) is 11.1 Å². The van der Waals surface area contributed by atoms with E-state index in [1.807, 2.05) is 0 Å². The Kier molecular flexibility index (Phi) is 3.12. The van der Waals surface area contributed by atoms with Crippen molar-refractivity contribution in [2.75, 3.05) is 0 Å². The molecule has 1 heteroatoms. The molecule has 0 saturated carbocycles. The Hall–Kier alpha value is -1.21. The van der Waals surface area contributed by atoms with Gasteiger partial charge in [-0.1, -0.05) is 48.5 Å². The van der Waals surface area contributed by atoms with Crippen molar-refractivity contribution in [1.82, 2.24) is 0 Å². The Morgan fingerprint density at radius 1 is 1.00 bits per heavy atom. The number of thiol groups is 1. The fourth-order valence-corrected chi connectivity index (χ4v) is 1.93. The van der Waals surface area contributed by atoms with Crippen molar-refractivity contribution in [3.63, 3.8) is 0 Å². The zero-order valence-electron chi connectivity index (χ0n) is 8.77. The molecule has 0 bridgehead atoms. The fraction of sp³-hybridized carbons (Fsp3) is 0.143. The molecule has 2 aromatic rings. The van der Waals surface area contributed by atoms with Crippen LogP contribution >= 0.6 is 12.6 Å². The minimum Gasteiger partial charge on any atom is -0.175 e. The van der Waals surface area contributed by atoms with Gasteiger partial charge < -0.3 is 0 Å². The molecule has 0 heterocycles. The van der Waals surface area contributed by atoms with E-state index in [4.69, 9.17) is 0 Å². The maximum Gasteiger partial charge on any atom is 0.0154 e. The molecule has 0 N–H and O–H groups in total. The predicted octanol–water partition coefficient (Wildman–Crippen LogP) is 4.09. The standard InChI is InChI=1S/C14H14S/c1-11-5-2-3-8-14(11)13-7-4-6-12(9-13)10-15/h2-9,15H,10H2,1H3. The normalized spacial score (nSPS) is 10.3. The quantitative estimate of drug-likeness (QED) is 0.715. The molecular formula is C14H14S. The highest BCUT2D eigenvalue weighted by Gasteiger charge is 2.00. The van der Waals surface area contributed by atoms with Gasteiger partial charge in [0.1, 0.15) is 0 Å². The molecule has 0 aliphatic carbocycles. The second-order valence-electron chi connectivity index (χ2n) is 3.67. The summed E-state index contributed by atoms with van der Waals surface area (Å²) in [5.74, 6) is 0.791. The first kappa shape index (κ1) is 10.3. The van der Waals surface area contributed by atoms with Gasteiger partial charge in [-0.3, -0.25) is 0 Å². The smallest absolute Gasteiger partial charge is 0.0154 e. The summed E-state index contributed by atoms with van der Waals surface area (Å²) in [7, 11) is 0. The first-order valence-corrected chi connectivity index (χ1v) is 5.70. The second-order valence-corrected chi connectivity index (χ2v) is 3.99. The molecule has 0 fully saturated rings. The van der Waals surface area contributed by atoms with Crippen molar-refractivity contribution in [1.29, 1.82) is 0 Å². The van der Waals surface area contributed by atoms with Gasteiger partial charge >= 0.3 is 0 Å². The number of hydrogen-bond acceptors (Lipinski definition) is 1. The van der Waals surface area contributed by atoms with E-state index in [1.54, 1.807) is 0 Å². The molecule has 0 unspecified atom stereocenters. The van der Waals surface area contributed by atoms with Crippen LogP contribution in [0.2, 0.25) is 0 Å². The minimum absolute atomic E-state index is 0.791. The van der Waals surface area contributed by atoms with E-state index in [-0.39, 0.29) is 0 Å². The number of aryl methyl sites for hydroxylation is 1. The van der Waals surface area contributed by atoms with Gasteiger partial charge in [0.25, 0.3) is 0 Å². The third-order valence-electron chi connectivity index (χ3n) is 2.57. The van der Waals surface area contributed by atoms with E-state index in [9.17, 15) is 0 Å². The van der Waals surface area contributed by atoms with Crippen molar-refractivity contribution in [2.24, 2.45) is 0 Å². The van der Waals surface area contributed by atoms with E-state index in [0.717, 1.165) is 5.75 Å². The third-order valence-corrected chi connectivity index (χ3v) is 2.93. The maximum absolute atomic E-state index is 4.30. The van der Waals surface area contributed by atoms with Gasteiger partial charge in [0.15, 0.2) is 0 Å². The van der Waals surface area contributed by atoms with Crippen LogP contribution in [-0.2, 0) is 5.75 Å². The highest BCUT2D eigenvalue weighted by molar-refractivity contribution is 7.79. The molecule has 0 amide bonds. The zero-order valence-corrected chi connectivity index (χ0v) is 9.67. The Balaban J connectivity index is 2.49. The summed E-state index contributed by atoms with van der Waals surface area (Å²) < 4.78 is 0. The van der Waals surface area contributed by atoms with Crippen molar-refractivity contribution in [3.05, 3.63) is 59.7 Å². The summed E-state index contributed by atoms with van der Waals surface area (Å²) in [5.41, 5.74) is 5.16. The van der Waals surface area contributed by atoms with Crippen LogP contribution in [0.5, 0.6) is 0 Å². The molecule has 0 aliphatic heterocycles. The summed E-state index contributed by atoms with van der Waals surface area (Å²) in [6.45, 7) is 2.14. The molecule has 0 radical (unpaired) electrons. The van der Waals surface area contributed by atoms with Gasteiger partial charge in [-0.25, -0.2) is 0 Å². The van der Waals surface area contributed by atoms with E-state index in [1.165, 1.54) is 22.3 Å². The Morgan fingerprint density at radius 3 is 2.53 bits per heavy atom. The highest BCUT2D eigenvalue weighted by Crippen LogP contribution is 2.24.